The number of aliphatic hydroxyl groups excluding tert-OH is 2. The Hall–Kier alpha value is -0.890. The molecule has 8 heteroatoms. The van der Waals surface area contributed by atoms with Crippen LogP contribution in [0, 0.1) is 0 Å². The van der Waals surface area contributed by atoms with Gasteiger partial charge in [0.1, 0.15) is 6.10 Å². The predicted molar refractivity (Wildman–Crippen MR) is 161 cm³/mol. The maximum Gasteiger partial charge on any atom is 0.103 e. The lowest BCUT2D eigenvalue weighted by atomic mass is 9.98. The summed E-state index contributed by atoms with van der Waals surface area (Å²) in [6.45, 7) is 15.9. The van der Waals surface area contributed by atoms with E-state index in [1.165, 1.54) is 64.2 Å². The van der Waals surface area contributed by atoms with E-state index in [-0.39, 0.29) is 24.9 Å². The number of rotatable bonds is 24. The zero-order valence-corrected chi connectivity index (χ0v) is 26.7. The van der Waals surface area contributed by atoms with Crippen LogP contribution in [0.15, 0.2) is 5.11 Å². The maximum absolute atomic E-state index is 11.1. The zero-order valence-electron chi connectivity index (χ0n) is 26.7. The third-order valence-corrected chi connectivity index (χ3v) is 6.72. The Bertz CT molecular complexity index is 629. The summed E-state index contributed by atoms with van der Waals surface area (Å²) in [5.74, 6) is 0. The lowest BCUT2D eigenvalue weighted by Crippen LogP contribution is -2.46. The van der Waals surface area contributed by atoms with E-state index in [9.17, 15) is 15.7 Å². The van der Waals surface area contributed by atoms with Crippen molar-refractivity contribution in [2.75, 3.05) is 13.2 Å². The minimum atomic E-state index is -0.811. The molecule has 0 spiro atoms. The highest BCUT2D eigenvalue weighted by atomic mass is 16.5. The fourth-order valence-corrected chi connectivity index (χ4v) is 4.75. The minimum Gasteiger partial charge on any atom is -0.390 e. The van der Waals surface area contributed by atoms with Gasteiger partial charge >= 0.3 is 0 Å². The largest absolute Gasteiger partial charge is 0.390 e. The molecule has 0 amide bonds. The van der Waals surface area contributed by atoms with E-state index in [0.29, 0.717) is 12.8 Å². The molecule has 0 heterocycles. The van der Waals surface area contributed by atoms with Gasteiger partial charge in [0, 0.05) is 4.91 Å². The van der Waals surface area contributed by atoms with Crippen LogP contribution in [-0.2, 0) is 14.2 Å². The van der Waals surface area contributed by atoms with Crippen LogP contribution in [0.5, 0.6) is 0 Å². The van der Waals surface area contributed by atoms with Gasteiger partial charge < -0.3 is 24.4 Å². The third-order valence-electron chi connectivity index (χ3n) is 6.72. The highest BCUT2D eigenvalue weighted by Crippen LogP contribution is 2.23. The summed E-state index contributed by atoms with van der Waals surface area (Å²) in [7, 11) is 0. The standard InChI is InChI=1S/C31H63N3O5/c1-9-11-12-13-14-15-16-17-18-19-20-21-22-26(35)29(39-31(6,7)8)25(33-34-32)23-37-24-27(36)28(10-2)38-30(3,4)5/h25-29,35-36H,9-24H2,1-8H3/t25-,26+,27-,28-,29-/m0/s1. The molecule has 0 aliphatic rings. The first kappa shape index (κ1) is 38.1. The van der Waals surface area contributed by atoms with Crippen molar-refractivity contribution in [2.45, 2.75) is 187 Å². The van der Waals surface area contributed by atoms with Crippen LogP contribution in [0.25, 0.3) is 10.4 Å². The van der Waals surface area contributed by atoms with Crippen LogP contribution < -0.4 is 0 Å². The van der Waals surface area contributed by atoms with Crippen molar-refractivity contribution in [2.24, 2.45) is 5.11 Å². The molecule has 0 fully saturated rings. The van der Waals surface area contributed by atoms with E-state index in [1.807, 2.05) is 48.5 Å². The smallest absolute Gasteiger partial charge is 0.103 e. The second-order valence-corrected chi connectivity index (χ2v) is 13.0. The SMILES string of the molecule is CCCCCCCCCCCCCC[C@@H](O)[C@@H](OC(C)(C)C)[C@H](COC[C@H](O)[C@H](CC)OC(C)(C)C)N=[N+]=[N-]. The van der Waals surface area contributed by atoms with Gasteiger partial charge in [-0.25, -0.2) is 0 Å². The fourth-order valence-electron chi connectivity index (χ4n) is 4.75. The summed E-state index contributed by atoms with van der Waals surface area (Å²) in [5, 5.41) is 25.6. The van der Waals surface area contributed by atoms with E-state index in [2.05, 4.69) is 16.9 Å². The molecule has 2 N–H and O–H groups in total. The second kappa shape index (κ2) is 21.8. The molecule has 0 aromatic rings. The van der Waals surface area contributed by atoms with Gasteiger partial charge in [-0.15, -0.1) is 0 Å². The number of hydrogen-bond acceptors (Lipinski definition) is 6. The number of hydrogen-bond donors (Lipinski definition) is 2. The summed E-state index contributed by atoms with van der Waals surface area (Å²) < 4.78 is 17.9. The predicted octanol–water partition coefficient (Wildman–Crippen LogP) is 8.27. The topological polar surface area (TPSA) is 117 Å². The Morgan fingerprint density at radius 3 is 1.62 bits per heavy atom. The van der Waals surface area contributed by atoms with Gasteiger partial charge in [-0.3, -0.25) is 0 Å². The van der Waals surface area contributed by atoms with Crippen molar-refractivity contribution in [3.05, 3.63) is 10.4 Å². The Labute approximate surface area is 240 Å². The van der Waals surface area contributed by atoms with Crippen LogP contribution in [0.4, 0.5) is 0 Å². The van der Waals surface area contributed by atoms with Gasteiger partial charge in [0.15, 0.2) is 0 Å². The molecule has 232 valence electrons. The van der Waals surface area contributed by atoms with Gasteiger partial charge in [0.05, 0.1) is 48.8 Å². The van der Waals surface area contributed by atoms with E-state index in [4.69, 9.17) is 14.2 Å². The van der Waals surface area contributed by atoms with Crippen LogP contribution in [0.2, 0.25) is 0 Å². The normalized spacial score (nSPS) is 16.4. The molecule has 0 bridgehead atoms. The fraction of sp³-hybridized carbons (Fsp3) is 1.00. The Balaban J connectivity index is 4.69. The summed E-state index contributed by atoms with van der Waals surface area (Å²) in [6.07, 6.45) is 13.7. The lowest BCUT2D eigenvalue weighted by molar-refractivity contribution is -0.142. The molecule has 0 rings (SSSR count). The number of ether oxygens (including phenoxy) is 3. The first-order valence-corrected chi connectivity index (χ1v) is 15.7. The van der Waals surface area contributed by atoms with Crippen molar-refractivity contribution in [3.63, 3.8) is 0 Å². The molecule has 0 aromatic heterocycles. The van der Waals surface area contributed by atoms with Gasteiger partial charge in [0.2, 0.25) is 0 Å². The monoisotopic (exact) mass is 557 g/mol. The summed E-state index contributed by atoms with van der Waals surface area (Å²) in [5.41, 5.74) is 8.31. The molecule has 0 aliphatic heterocycles. The van der Waals surface area contributed by atoms with E-state index < -0.39 is 30.0 Å². The van der Waals surface area contributed by atoms with Gasteiger partial charge in [-0.05, 0) is 59.9 Å². The van der Waals surface area contributed by atoms with Crippen molar-refractivity contribution in [3.8, 4) is 0 Å². The number of azide groups is 1. The average Bonchev–Trinajstić information content (AvgIpc) is 2.84. The molecule has 5 atom stereocenters. The van der Waals surface area contributed by atoms with Crippen molar-refractivity contribution >= 4 is 0 Å². The van der Waals surface area contributed by atoms with E-state index >= 15 is 0 Å². The Kier molecular flexibility index (Phi) is 21.3. The second-order valence-electron chi connectivity index (χ2n) is 13.0. The summed E-state index contributed by atoms with van der Waals surface area (Å²) in [6, 6.07) is -0.711. The van der Waals surface area contributed by atoms with E-state index in [1.54, 1.807) is 0 Å². The maximum atomic E-state index is 11.1. The number of aliphatic hydroxyl groups is 2. The highest BCUT2D eigenvalue weighted by Gasteiger charge is 2.33. The molecule has 8 nitrogen and oxygen atoms in total. The molecule has 0 unspecified atom stereocenters. The van der Waals surface area contributed by atoms with Gasteiger partial charge in [-0.2, -0.15) is 0 Å². The molecule has 39 heavy (non-hydrogen) atoms. The molecule has 0 saturated carbocycles. The average molecular weight is 558 g/mol. The Morgan fingerprint density at radius 1 is 0.692 bits per heavy atom. The first-order chi connectivity index (χ1) is 18.3. The molecular formula is C31H63N3O5. The van der Waals surface area contributed by atoms with Gasteiger partial charge in [0.25, 0.3) is 0 Å². The van der Waals surface area contributed by atoms with Gasteiger partial charge in [-0.1, -0.05) is 96.0 Å². The molecule has 0 aromatic carbocycles. The van der Waals surface area contributed by atoms with E-state index in [0.717, 1.165) is 12.8 Å². The van der Waals surface area contributed by atoms with Crippen LogP contribution in [0.1, 0.15) is 145 Å². The number of nitrogens with zero attached hydrogens (tertiary/aromatic N) is 3. The zero-order chi connectivity index (χ0) is 29.7. The highest BCUT2D eigenvalue weighted by molar-refractivity contribution is 4.86. The Morgan fingerprint density at radius 2 is 1.18 bits per heavy atom. The third kappa shape index (κ3) is 21.5. The number of unbranched alkanes of at least 4 members (excludes halogenated alkanes) is 11. The quantitative estimate of drug-likeness (QED) is 0.0536. The van der Waals surface area contributed by atoms with Crippen molar-refractivity contribution in [1.29, 1.82) is 0 Å². The minimum absolute atomic E-state index is 0.0448. The first-order valence-electron chi connectivity index (χ1n) is 15.7. The van der Waals surface area contributed by atoms with Crippen molar-refractivity contribution < 1.29 is 24.4 Å². The molecular weight excluding hydrogens is 494 g/mol. The summed E-state index contributed by atoms with van der Waals surface area (Å²) in [4.78, 5) is 3.00. The van der Waals surface area contributed by atoms with Crippen LogP contribution in [0.3, 0.4) is 0 Å². The summed E-state index contributed by atoms with van der Waals surface area (Å²) >= 11 is 0. The van der Waals surface area contributed by atoms with Crippen LogP contribution >= 0.6 is 0 Å². The molecule has 0 saturated heterocycles. The van der Waals surface area contributed by atoms with Crippen LogP contribution in [-0.4, -0.2) is 65.1 Å². The van der Waals surface area contributed by atoms with Crippen molar-refractivity contribution in [1.82, 2.24) is 0 Å². The molecule has 0 radical (unpaired) electrons. The molecule has 0 aliphatic carbocycles. The lowest BCUT2D eigenvalue weighted by Gasteiger charge is -2.34.